The lowest BCUT2D eigenvalue weighted by Crippen LogP contribution is -2.43. The van der Waals surface area contributed by atoms with Crippen molar-refractivity contribution < 1.29 is 14.0 Å². The largest absolute Gasteiger partial charge is 0.346 e. The van der Waals surface area contributed by atoms with Crippen LogP contribution in [0.3, 0.4) is 0 Å². The number of carbonyl (C=O) groups is 2. The number of carbonyl (C=O) groups excluding carboxylic acids is 2. The lowest BCUT2D eigenvalue weighted by molar-refractivity contribution is -0.136. The Kier molecular flexibility index (Phi) is 6.33. The zero-order valence-corrected chi connectivity index (χ0v) is 16.9. The number of anilines is 1. The Morgan fingerprint density at radius 2 is 1.87 bits per heavy atom. The minimum absolute atomic E-state index is 0.132. The van der Waals surface area contributed by atoms with E-state index in [-0.39, 0.29) is 18.3 Å². The van der Waals surface area contributed by atoms with Gasteiger partial charge in [0, 0.05) is 37.7 Å². The SMILES string of the molecule is O=C(NC[C@@H](c1cccnc1)N1CCc2ccccc2C1)C(=O)Nc1cccc(F)c1. The molecule has 0 saturated carbocycles. The van der Waals surface area contributed by atoms with Crippen molar-refractivity contribution in [3.63, 3.8) is 0 Å². The Morgan fingerprint density at radius 1 is 1.03 bits per heavy atom. The van der Waals surface area contributed by atoms with Crippen molar-refractivity contribution in [2.45, 2.75) is 19.0 Å². The minimum atomic E-state index is -0.834. The van der Waals surface area contributed by atoms with E-state index in [4.69, 9.17) is 0 Å². The van der Waals surface area contributed by atoms with Crippen molar-refractivity contribution in [3.05, 3.63) is 95.6 Å². The number of fused-ring (bicyclic) bond motifs is 1. The van der Waals surface area contributed by atoms with E-state index in [0.717, 1.165) is 31.1 Å². The molecule has 0 aliphatic carbocycles. The van der Waals surface area contributed by atoms with Gasteiger partial charge in [-0.15, -0.1) is 0 Å². The molecule has 2 aromatic carbocycles. The molecule has 2 N–H and O–H groups in total. The molecule has 158 valence electrons. The van der Waals surface area contributed by atoms with E-state index in [1.54, 1.807) is 12.4 Å². The molecule has 31 heavy (non-hydrogen) atoms. The van der Waals surface area contributed by atoms with Crippen molar-refractivity contribution >= 4 is 17.5 Å². The summed E-state index contributed by atoms with van der Waals surface area (Å²) in [6.07, 6.45) is 4.40. The van der Waals surface area contributed by atoms with Crippen molar-refractivity contribution in [1.82, 2.24) is 15.2 Å². The van der Waals surface area contributed by atoms with Crippen LogP contribution in [0.15, 0.2) is 73.1 Å². The predicted molar refractivity (Wildman–Crippen MR) is 116 cm³/mol. The summed E-state index contributed by atoms with van der Waals surface area (Å²) in [5, 5.41) is 5.14. The zero-order chi connectivity index (χ0) is 21.6. The Bertz CT molecular complexity index is 1070. The summed E-state index contributed by atoms with van der Waals surface area (Å²) in [5.74, 6) is -2.09. The fourth-order valence-electron chi connectivity index (χ4n) is 3.84. The Morgan fingerprint density at radius 3 is 2.65 bits per heavy atom. The van der Waals surface area contributed by atoms with Crippen molar-refractivity contribution in [2.75, 3.05) is 18.4 Å². The fourth-order valence-corrected chi connectivity index (χ4v) is 3.84. The van der Waals surface area contributed by atoms with Crippen molar-refractivity contribution in [1.29, 1.82) is 0 Å². The monoisotopic (exact) mass is 418 g/mol. The summed E-state index contributed by atoms with van der Waals surface area (Å²) in [6, 6.07) is 17.5. The second-order valence-corrected chi connectivity index (χ2v) is 7.47. The summed E-state index contributed by atoms with van der Waals surface area (Å²) in [4.78, 5) is 31.1. The third kappa shape index (κ3) is 5.13. The molecule has 0 radical (unpaired) electrons. The third-order valence-corrected chi connectivity index (χ3v) is 5.41. The number of nitrogens with one attached hydrogen (secondary N) is 2. The number of benzene rings is 2. The van der Waals surface area contributed by atoms with E-state index < -0.39 is 17.6 Å². The van der Waals surface area contributed by atoms with Crippen molar-refractivity contribution in [3.8, 4) is 0 Å². The maximum Gasteiger partial charge on any atom is 0.313 e. The second kappa shape index (κ2) is 9.49. The predicted octanol–water partition coefficient (Wildman–Crippen LogP) is 3.08. The van der Waals surface area contributed by atoms with Gasteiger partial charge >= 0.3 is 11.8 Å². The zero-order valence-electron chi connectivity index (χ0n) is 16.9. The molecule has 3 aromatic rings. The van der Waals surface area contributed by atoms with Crippen LogP contribution in [0.2, 0.25) is 0 Å². The Labute approximate surface area is 180 Å². The molecule has 0 unspecified atom stereocenters. The molecule has 0 fully saturated rings. The average molecular weight is 418 g/mol. The topological polar surface area (TPSA) is 74.3 Å². The van der Waals surface area contributed by atoms with Gasteiger partial charge in [0.2, 0.25) is 0 Å². The van der Waals surface area contributed by atoms with Crippen LogP contribution in [-0.2, 0) is 22.6 Å². The molecule has 1 aromatic heterocycles. The summed E-state index contributed by atoms with van der Waals surface area (Å²) < 4.78 is 13.3. The van der Waals surface area contributed by atoms with E-state index in [2.05, 4.69) is 32.7 Å². The van der Waals surface area contributed by atoms with E-state index in [9.17, 15) is 14.0 Å². The number of nitrogens with zero attached hydrogens (tertiary/aromatic N) is 2. The first-order chi connectivity index (χ1) is 15.1. The van der Waals surface area contributed by atoms with Crippen LogP contribution in [-0.4, -0.2) is 34.8 Å². The highest BCUT2D eigenvalue weighted by Gasteiger charge is 2.26. The van der Waals surface area contributed by atoms with Gasteiger partial charge < -0.3 is 10.6 Å². The highest BCUT2D eigenvalue weighted by Crippen LogP contribution is 2.27. The van der Waals surface area contributed by atoms with Crippen LogP contribution in [0, 0.1) is 5.82 Å². The minimum Gasteiger partial charge on any atom is -0.346 e. The van der Waals surface area contributed by atoms with Gasteiger partial charge in [-0.25, -0.2) is 4.39 Å². The van der Waals surface area contributed by atoms with Crippen LogP contribution in [0.1, 0.15) is 22.7 Å². The van der Waals surface area contributed by atoms with Gasteiger partial charge in [-0.1, -0.05) is 36.4 Å². The molecule has 2 heterocycles. The molecule has 0 spiro atoms. The summed E-state index contributed by atoms with van der Waals surface area (Å²) in [5.41, 5.74) is 3.80. The number of aromatic nitrogens is 1. The number of amides is 2. The normalized spacial score (nSPS) is 14.4. The Balaban J connectivity index is 1.44. The van der Waals surface area contributed by atoms with E-state index in [0.29, 0.717) is 0 Å². The standard InChI is InChI=1S/C24H23FN4O2/c25-20-8-3-9-21(13-20)28-24(31)23(30)27-15-22(18-7-4-11-26-14-18)29-12-10-17-5-1-2-6-19(17)16-29/h1-9,11,13-14,22H,10,12,15-16H2,(H,27,30)(H,28,31)/t22-/m0/s1. The van der Waals surface area contributed by atoms with Gasteiger partial charge in [-0.05, 0) is 47.4 Å². The van der Waals surface area contributed by atoms with Crippen LogP contribution in [0.5, 0.6) is 0 Å². The average Bonchev–Trinajstić information content (AvgIpc) is 2.79. The molecular weight excluding hydrogens is 395 g/mol. The van der Waals surface area contributed by atoms with Gasteiger partial charge in [0.1, 0.15) is 5.82 Å². The molecule has 0 bridgehead atoms. The number of hydrogen-bond donors (Lipinski definition) is 2. The number of pyridine rings is 1. The molecule has 2 amide bonds. The van der Waals surface area contributed by atoms with E-state index >= 15 is 0 Å². The smallest absolute Gasteiger partial charge is 0.313 e. The fraction of sp³-hybridized carbons (Fsp3) is 0.208. The first-order valence-corrected chi connectivity index (χ1v) is 10.2. The van der Waals surface area contributed by atoms with Crippen LogP contribution >= 0.6 is 0 Å². The van der Waals surface area contributed by atoms with Crippen LogP contribution in [0.25, 0.3) is 0 Å². The van der Waals surface area contributed by atoms with Crippen molar-refractivity contribution in [2.24, 2.45) is 0 Å². The second-order valence-electron chi connectivity index (χ2n) is 7.47. The lowest BCUT2D eigenvalue weighted by atomic mass is 9.97. The molecule has 4 rings (SSSR count). The van der Waals surface area contributed by atoms with E-state index in [1.807, 2.05) is 24.3 Å². The molecule has 1 aliphatic heterocycles. The van der Waals surface area contributed by atoms with Gasteiger partial charge in [-0.2, -0.15) is 0 Å². The third-order valence-electron chi connectivity index (χ3n) is 5.41. The number of hydrogen-bond acceptors (Lipinski definition) is 4. The highest BCUT2D eigenvalue weighted by molar-refractivity contribution is 6.39. The van der Waals surface area contributed by atoms with Crippen LogP contribution < -0.4 is 10.6 Å². The molecule has 1 atom stereocenters. The number of rotatable bonds is 5. The van der Waals surface area contributed by atoms with E-state index in [1.165, 1.54) is 29.3 Å². The van der Waals surface area contributed by atoms with Crippen LogP contribution in [0.4, 0.5) is 10.1 Å². The first kappa shape index (κ1) is 20.7. The molecule has 6 nitrogen and oxygen atoms in total. The van der Waals surface area contributed by atoms with Gasteiger partial charge in [0.15, 0.2) is 0 Å². The Hall–Kier alpha value is -3.58. The molecule has 7 heteroatoms. The summed E-state index contributed by atoms with van der Waals surface area (Å²) >= 11 is 0. The molecule has 0 saturated heterocycles. The molecular formula is C24H23FN4O2. The quantitative estimate of drug-likeness (QED) is 0.625. The first-order valence-electron chi connectivity index (χ1n) is 10.2. The summed E-state index contributed by atoms with van der Waals surface area (Å²) in [6.45, 7) is 1.84. The summed E-state index contributed by atoms with van der Waals surface area (Å²) in [7, 11) is 0. The number of halogens is 1. The van der Waals surface area contributed by atoms with Gasteiger partial charge in [-0.3, -0.25) is 19.5 Å². The highest BCUT2D eigenvalue weighted by atomic mass is 19.1. The maximum atomic E-state index is 13.3. The molecule has 1 aliphatic rings. The van der Waals surface area contributed by atoms with Gasteiger partial charge in [0.05, 0.1) is 6.04 Å². The van der Waals surface area contributed by atoms with Gasteiger partial charge in [0.25, 0.3) is 0 Å². The lowest BCUT2D eigenvalue weighted by Gasteiger charge is -2.35. The maximum absolute atomic E-state index is 13.3.